The lowest BCUT2D eigenvalue weighted by molar-refractivity contribution is 0.0934. The molecule has 0 unspecified atom stereocenters. The standard InChI is InChI=1S/C13H14FN3O/c1-8-3-4-10(7-11(8)14)9(2)16-13(18)12-5-6-15-17-12/h3-7,9H,1-2H3,(H,15,17)(H,16,18)/t9-/m1/s1. The Morgan fingerprint density at radius 1 is 1.44 bits per heavy atom. The molecule has 1 amide bonds. The highest BCUT2D eigenvalue weighted by Gasteiger charge is 2.13. The van der Waals surface area contributed by atoms with Gasteiger partial charge in [0, 0.05) is 6.20 Å². The van der Waals surface area contributed by atoms with Crippen molar-refractivity contribution in [3.63, 3.8) is 0 Å². The van der Waals surface area contributed by atoms with E-state index in [0.29, 0.717) is 11.3 Å². The molecule has 0 saturated heterocycles. The van der Waals surface area contributed by atoms with Gasteiger partial charge in [0.1, 0.15) is 11.5 Å². The Bertz CT molecular complexity index is 551. The SMILES string of the molecule is Cc1ccc([C@@H](C)NC(=O)c2ccn[nH]2)cc1F. The van der Waals surface area contributed by atoms with Gasteiger partial charge in [0.05, 0.1) is 6.04 Å². The number of aryl methyl sites for hydroxylation is 1. The third-order valence-electron chi connectivity index (χ3n) is 2.79. The zero-order valence-corrected chi connectivity index (χ0v) is 10.2. The van der Waals surface area contributed by atoms with Gasteiger partial charge in [0.25, 0.3) is 5.91 Å². The zero-order chi connectivity index (χ0) is 13.1. The molecule has 0 aliphatic heterocycles. The van der Waals surface area contributed by atoms with Crippen molar-refractivity contribution in [3.05, 3.63) is 53.1 Å². The van der Waals surface area contributed by atoms with Crippen molar-refractivity contribution in [1.82, 2.24) is 15.5 Å². The van der Waals surface area contributed by atoms with Crippen LogP contribution in [0.15, 0.2) is 30.5 Å². The smallest absolute Gasteiger partial charge is 0.269 e. The lowest BCUT2D eigenvalue weighted by Crippen LogP contribution is -2.27. The Morgan fingerprint density at radius 3 is 2.83 bits per heavy atom. The number of amides is 1. The van der Waals surface area contributed by atoms with Gasteiger partial charge in [0.15, 0.2) is 0 Å². The van der Waals surface area contributed by atoms with E-state index in [4.69, 9.17) is 0 Å². The van der Waals surface area contributed by atoms with Crippen LogP contribution in [-0.2, 0) is 0 Å². The fraction of sp³-hybridized carbons (Fsp3) is 0.231. The lowest BCUT2D eigenvalue weighted by Gasteiger charge is -2.14. The third kappa shape index (κ3) is 2.56. The Morgan fingerprint density at radius 2 is 2.22 bits per heavy atom. The minimum absolute atomic E-state index is 0.263. The molecule has 1 aromatic heterocycles. The fourth-order valence-corrected chi connectivity index (χ4v) is 1.62. The highest BCUT2D eigenvalue weighted by Crippen LogP contribution is 2.16. The molecule has 0 radical (unpaired) electrons. The molecule has 2 N–H and O–H groups in total. The summed E-state index contributed by atoms with van der Waals surface area (Å²) in [5, 5.41) is 9.05. The molecule has 0 aliphatic carbocycles. The third-order valence-corrected chi connectivity index (χ3v) is 2.79. The van der Waals surface area contributed by atoms with Crippen molar-refractivity contribution in [2.24, 2.45) is 0 Å². The first-order chi connectivity index (χ1) is 8.58. The van der Waals surface area contributed by atoms with Crippen LogP contribution in [0.25, 0.3) is 0 Å². The van der Waals surface area contributed by atoms with Crippen LogP contribution in [0, 0.1) is 12.7 Å². The highest BCUT2D eigenvalue weighted by molar-refractivity contribution is 5.92. The Hall–Kier alpha value is -2.17. The molecular formula is C13H14FN3O. The second-order valence-electron chi connectivity index (χ2n) is 4.17. The highest BCUT2D eigenvalue weighted by atomic mass is 19.1. The first-order valence-corrected chi connectivity index (χ1v) is 5.64. The molecule has 1 heterocycles. The van der Waals surface area contributed by atoms with Crippen LogP contribution in [0.4, 0.5) is 4.39 Å². The van der Waals surface area contributed by atoms with Crippen LogP contribution in [-0.4, -0.2) is 16.1 Å². The summed E-state index contributed by atoms with van der Waals surface area (Å²) in [6.07, 6.45) is 1.51. The number of aromatic nitrogens is 2. The molecule has 18 heavy (non-hydrogen) atoms. The van der Waals surface area contributed by atoms with Gasteiger partial charge in [-0.15, -0.1) is 0 Å². The van der Waals surface area contributed by atoms with E-state index in [2.05, 4.69) is 15.5 Å². The molecule has 0 spiro atoms. The number of H-pyrrole nitrogens is 1. The maximum atomic E-state index is 13.4. The summed E-state index contributed by atoms with van der Waals surface area (Å²) in [5.74, 6) is -0.531. The predicted octanol–water partition coefficient (Wildman–Crippen LogP) is 2.35. The number of carbonyl (C=O) groups excluding carboxylic acids is 1. The van der Waals surface area contributed by atoms with Crippen molar-refractivity contribution in [2.75, 3.05) is 0 Å². The van der Waals surface area contributed by atoms with Crippen molar-refractivity contribution < 1.29 is 9.18 Å². The molecule has 5 heteroatoms. The molecule has 1 atom stereocenters. The number of benzene rings is 1. The van der Waals surface area contributed by atoms with E-state index in [0.717, 1.165) is 5.56 Å². The van der Waals surface area contributed by atoms with Crippen molar-refractivity contribution in [3.8, 4) is 0 Å². The largest absolute Gasteiger partial charge is 0.344 e. The molecule has 0 aliphatic rings. The molecule has 2 aromatic rings. The normalized spacial score (nSPS) is 12.2. The molecule has 0 fully saturated rings. The number of rotatable bonds is 3. The summed E-state index contributed by atoms with van der Waals surface area (Å²) < 4.78 is 13.4. The van der Waals surface area contributed by atoms with Gasteiger partial charge >= 0.3 is 0 Å². The maximum absolute atomic E-state index is 13.4. The molecule has 94 valence electrons. The van der Waals surface area contributed by atoms with Crippen molar-refractivity contribution in [2.45, 2.75) is 19.9 Å². The summed E-state index contributed by atoms with van der Waals surface area (Å²) in [7, 11) is 0. The predicted molar refractivity (Wildman–Crippen MR) is 65.6 cm³/mol. The number of nitrogens with zero attached hydrogens (tertiary/aromatic N) is 1. The quantitative estimate of drug-likeness (QED) is 0.874. The minimum Gasteiger partial charge on any atom is -0.344 e. The Labute approximate surface area is 104 Å². The van der Waals surface area contributed by atoms with Crippen LogP contribution >= 0.6 is 0 Å². The zero-order valence-electron chi connectivity index (χ0n) is 10.2. The summed E-state index contributed by atoms with van der Waals surface area (Å²) >= 11 is 0. The summed E-state index contributed by atoms with van der Waals surface area (Å²) in [5.41, 5.74) is 1.70. The molecule has 1 aromatic carbocycles. The van der Waals surface area contributed by atoms with Gasteiger partial charge in [-0.3, -0.25) is 9.89 Å². The average molecular weight is 247 g/mol. The van der Waals surface area contributed by atoms with Gasteiger partial charge in [-0.25, -0.2) is 4.39 Å². The Balaban J connectivity index is 2.10. The van der Waals surface area contributed by atoms with E-state index >= 15 is 0 Å². The van der Waals surface area contributed by atoms with E-state index in [1.165, 1.54) is 12.3 Å². The minimum atomic E-state index is -0.268. The second kappa shape index (κ2) is 5.00. The summed E-state index contributed by atoms with van der Waals surface area (Å²) in [6, 6.07) is 6.25. The van der Waals surface area contributed by atoms with Gasteiger partial charge in [0.2, 0.25) is 0 Å². The fourth-order valence-electron chi connectivity index (χ4n) is 1.62. The van der Waals surface area contributed by atoms with E-state index in [1.807, 2.05) is 0 Å². The van der Waals surface area contributed by atoms with Gasteiger partial charge in [-0.05, 0) is 37.1 Å². The number of halogens is 1. The molecule has 0 saturated carbocycles. The lowest BCUT2D eigenvalue weighted by atomic mass is 10.1. The molecule has 2 rings (SSSR count). The molecule has 0 bridgehead atoms. The molecule has 4 nitrogen and oxygen atoms in total. The van der Waals surface area contributed by atoms with Crippen molar-refractivity contribution in [1.29, 1.82) is 0 Å². The number of aromatic amines is 1. The topological polar surface area (TPSA) is 57.8 Å². The maximum Gasteiger partial charge on any atom is 0.269 e. The van der Waals surface area contributed by atoms with Crippen LogP contribution in [0.2, 0.25) is 0 Å². The van der Waals surface area contributed by atoms with Crippen molar-refractivity contribution >= 4 is 5.91 Å². The van der Waals surface area contributed by atoms with Crippen LogP contribution in [0.5, 0.6) is 0 Å². The van der Waals surface area contributed by atoms with Gasteiger partial charge in [-0.1, -0.05) is 12.1 Å². The van der Waals surface area contributed by atoms with E-state index in [-0.39, 0.29) is 17.8 Å². The van der Waals surface area contributed by atoms with E-state index in [1.54, 1.807) is 32.0 Å². The van der Waals surface area contributed by atoms with Gasteiger partial charge in [-0.2, -0.15) is 5.10 Å². The first-order valence-electron chi connectivity index (χ1n) is 5.64. The van der Waals surface area contributed by atoms with E-state index < -0.39 is 0 Å². The first kappa shape index (κ1) is 12.3. The number of hydrogen-bond acceptors (Lipinski definition) is 2. The summed E-state index contributed by atoms with van der Waals surface area (Å²) in [6.45, 7) is 3.51. The number of carbonyl (C=O) groups is 1. The number of hydrogen-bond donors (Lipinski definition) is 2. The monoisotopic (exact) mass is 247 g/mol. The molecular weight excluding hydrogens is 233 g/mol. The Kier molecular flexibility index (Phi) is 3.41. The van der Waals surface area contributed by atoms with Crippen LogP contribution in [0.3, 0.4) is 0 Å². The summed E-state index contributed by atoms with van der Waals surface area (Å²) in [4.78, 5) is 11.8. The van der Waals surface area contributed by atoms with Gasteiger partial charge < -0.3 is 5.32 Å². The number of nitrogens with one attached hydrogen (secondary N) is 2. The van der Waals surface area contributed by atoms with E-state index in [9.17, 15) is 9.18 Å². The van der Waals surface area contributed by atoms with Crippen LogP contribution < -0.4 is 5.32 Å². The van der Waals surface area contributed by atoms with Crippen LogP contribution in [0.1, 0.15) is 34.6 Å². The average Bonchev–Trinajstić information content (AvgIpc) is 2.86. The second-order valence-corrected chi connectivity index (χ2v) is 4.17.